The van der Waals surface area contributed by atoms with Gasteiger partial charge in [0.05, 0.1) is 12.6 Å². The van der Waals surface area contributed by atoms with E-state index in [1.54, 1.807) is 0 Å². The summed E-state index contributed by atoms with van der Waals surface area (Å²) in [5.41, 5.74) is 4.23. The molecule has 108 valence electrons. The highest BCUT2D eigenvalue weighted by Gasteiger charge is 2.15. The number of nitrogens with one attached hydrogen (secondary N) is 1. The fourth-order valence-corrected chi connectivity index (χ4v) is 2.69. The molecule has 0 aliphatic heterocycles. The summed E-state index contributed by atoms with van der Waals surface area (Å²) in [7, 11) is 0. The lowest BCUT2D eigenvalue weighted by Crippen LogP contribution is -2.32. The van der Waals surface area contributed by atoms with Gasteiger partial charge in [0.1, 0.15) is 0 Å². The van der Waals surface area contributed by atoms with Crippen LogP contribution in [0.3, 0.4) is 0 Å². The van der Waals surface area contributed by atoms with Gasteiger partial charge in [-0.1, -0.05) is 25.1 Å². The van der Waals surface area contributed by atoms with Crippen molar-refractivity contribution in [2.45, 2.75) is 58.0 Å². The molecule has 2 nitrogen and oxygen atoms in total. The summed E-state index contributed by atoms with van der Waals surface area (Å²) in [4.78, 5) is 0. The number of hydrogen-bond acceptors (Lipinski definition) is 2. The number of rotatable bonds is 5. The summed E-state index contributed by atoms with van der Waals surface area (Å²) in [6.07, 6.45) is 6.13. The van der Waals surface area contributed by atoms with Crippen LogP contribution in [0.25, 0.3) is 0 Å². The lowest BCUT2D eigenvalue weighted by molar-refractivity contribution is 0.234. The Hall–Kier alpha value is -0.570. The van der Waals surface area contributed by atoms with Crippen molar-refractivity contribution < 1.29 is 5.11 Å². The van der Waals surface area contributed by atoms with Crippen LogP contribution in [0.4, 0.5) is 0 Å². The third-order valence-electron chi connectivity index (χ3n) is 4.06. The average molecular weight is 284 g/mol. The van der Waals surface area contributed by atoms with Gasteiger partial charge in [-0.3, -0.25) is 0 Å². The first-order chi connectivity index (χ1) is 8.74. The van der Waals surface area contributed by atoms with Crippen molar-refractivity contribution in [3.8, 4) is 0 Å². The molecule has 2 atom stereocenters. The van der Waals surface area contributed by atoms with E-state index in [4.69, 9.17) is 0 Å². The molecular formula is C16H26ClNO. The summed E-state index contributed by atoms with van der Waals surface area (Å²) in [6, 6.07) is 7.25. The first-order valence-corrected chi connectivity index (χ1v) is 7.23. The Morgan fingerprint density at radius 3 is 2.53 bits per heavy atom. The molecule has 0 spiro atoms. The molecule has 0 amide bonds. The van der Waals surface area contributed by atoms with Gasteiger partial charge in [-0.05, 0) is 55.7 Å². The zero-order valence-corrected chi connectivity index (χ0v) is 12.8. The van der Waals surface area contributed by atoms with Gasteiger partial charge in [-0.2, -0.15) is 0 Å². The Morgan fingerprint density at radius 1 is 1.21 bits per heavy atom. The minimum absolute atomic E-state index is 0. The van der Waals surface area contributed by atoms with Crippen LogP contribution >= 0.6 is 12.4 Å². The summed E-state index contributed by atoms with van der Waals surface area (Å²) < 4.78 is 0. The maximum Gasteiger partial charge on any atom is 0.0626 e. The van der Waals surface area contributed by atoms with Crippen molar-refractivity contribution in [2.24, 2.45) is 0 Å². The number of aliphatic hydroxyl groups is 1. The summed E-state index contributed by atoms with van der Waals surface area (Å²) in [6.45, 7) is 4.50. The third kappa shape index (κ3) is 4.20. The molecule has 1 aliphatic rings. The molecule has 1 aromatic rings. The molecule has 19 heavy (non-hydrogen) atoms. The molecule has 2 N–H and O–H groups in total. The zero-order chi connectivity index (χ0) is 13.0. The molecule has 2 rings (SSSR count). The van der Waals surface area contributed by atoms with E-state index in [1.807, 2.05) is 0 Å². The van der Waals surface area contributed by atoms with Crippen molar-refractivity contribution >= 4 is 12.4 Å². The van der Waals surface area contributed by atoms with Gasteiger partial charge >= 0.3 is 0 Å². The number of aryl methyl sites for hydroxylation is 2. The van der Waals surface area contributed by atoms with Gasteiger partial charge in [-0.25, -0.2) is 0 Å². The maximum atomic E-state index is 9.57. The Morgan fingerprint density at radius 2 is 1.89 bits per heavy atom. The van der Waals surface area contributed by atoms with E-state index in [1.165, 1.54) is 42.4 Å². The lowest BCUT2D eigenvalue weighted by Gasteiger charge is -2.23. The second-order valence-electron chi connectivity index (χ2n) is 5.45. The van der Waals surface area contributed by atoms with Crippen molar-refractivity contribution in [1.82, 2.24) is 5.32 Å². The fraction of sp³-hybridized carbons (Fsp3) is 0.625. The quantitative estimate of drug-likeness (QED) is 0.868. The van der Waals surface area contributed by atoms with Crippen molar-refractivity contribution in [2.75, 3.05) is 6.61 Å². The second kappa shape index (κ2) is 7.88. The minimum Gasteiger partial charge on any atom is -0.394 e. The normalized spacial score (nSPS) is 17.2. The zero-order valence-electron chi connectivity index (χ0n) is 12.0. The van der Waals surface area contributed by atoms with E-state index in [2.05, 4.69) is 37.4 Å². The molecule has 0 aromatic heterocycles. The van der Waals surface area contributed by atoms with Gasteiger partial charge in [0, 0.05) is 6.04 Å². The fourth-order valence-electron chi connectivity index (χ4n) is 2.69. The molecule has 0 heterocycles. The Balaban J connectivity index is 0.00000180. The van der Waals surface area contributed by atoms with Crippen molar-refractivity contribution in [3.05, 3.63) is 34.9 Å². The topological polar surface area (TPSA) is 32.3 Å². The molecule has 0 fully saturated rings. The van der Waals surface area contributed by atoms with E-state index in [0.29, 0.717) is 6.04 Å². The molecule has 0 saturated carbocycles. The van der Waals surface area contributed by atoms with Gasteiger partial charge in [0.15, 0.2) is 0 Å². The van der Waals surface area contributed by atoms with Gasteiger partial charge in [0.2, 0.25) is 0 Å². The molecule has 1 aliphatic carbocycles. The second-order valence-corrected chi connectivity index (χ2v) is 5.45. The maximum absolute atomic E-state index is 9.57. The Kier molecular flexibility index (Phi) is 6.84. The number of fused-ring (bicyclic) bond motifs is 1. The van der Waals surface area contributed by atoms with Crippen LogP contribution < -0.4 is 5.32 Å². The molecule has 0 bridgehead atoms. The number of benzene rings is 1. The number of hydrogen-bond donors (Lipinski definition) is 2. The standard InChI is InChI=1S/C16H25NO.ClH/c1-3-12(2)17-16(11-18)15-9-8-13-6-4-5-7-14(13)10-15;/h8-10,12,16-18H,3-7,11H2,1-2H3;1H/t12-,16-;/m1./s1. The van der Waals surface area contributed by atoms with E-state index in [-0.39, 0.29) is 25.1 Å². The van der Waals surface area contributed by atoms with E-state index in [9.17, 15) is 5.11 Å². The molecule has 0 radical (unpaired) electrons. The monoisotopic (exact) mass is 283 g/mol. The first kappa shape index (κ1) is 16.5. The Labute approximate surface area is 123 Å². The third-order valence-corrected chi connectivity index (χ3v) is 4.06. The van der Waals surface area contributed by atoms with Crippen molar-refractivity contribution in [3.63, 3.8) is 0 Å². The SMILES string of the molecule is CC[C@@H](C)N[C@H](CO)c1ccc2c(c1)CCCC2.Cl. The van der Waals surface area contributed by atoms with Crippen LogP contribution in [0.2, 0.25) is 0 Å². The first-order valence-electron chi connectivity index (χ1n) is 7.23. The van der Waals surface area contributed by atoms with E-state index in [0.717, 1.165) is 6.42 Å². The molecule has 0 saturated heterocycles. The van der Waals surface area contributed by atoms with Gasteiger partial charge < -0.3 is 10.4 Å². The van der Waals surface area contributed by atoms with Crippen LogP contribution in [-0.4, -0.2) is 17.8 Å². The van der Waals surface area contributed by atoms with Gasteiger partial charge in [0.25, 0.3) is 0 Å². The van der Waals surface area contributed by atoms with Crippen LogP contribution in [-0.2, 0) is 12.8 Å². The average Bonchev–Trinajstić information content (AvgIpc) is 2.44. The number of aliphatic hydroxyl groups excluding tert-OH is 1. The van der Waals surface area contributed by atoms with E-state index < -0.39 is 0 Å². The highest BCUT2D eigenvalue weighted by atomic mass is 35.5. The smallest absolute Gasteiger partial charge is 0.0626 e. The lowest BCUT2D eigenvalue weighted by atomic mass is 9.89. The van der Waals surface area contributed by atoms with Crippen LogP contribution in [0.15, 0.2) is 18.2 Å². The van der Waals surface area contributed by atoms with E-state index >= 15 is 0 Å². The van der Waals surface area contributed by atoms with Crippen LogP contribution in [0.1, 0.15) is 55.8 Å². The summed E-state index contributed by atoms with van der Waals surface area (Å²) in [5, 5.41) is 13.1. The molecule has 0 unspecified atom stereocenters. The molecule has 3 heteroatoms. The predicted molar refractivity (Wildman–Crippen MR) is 83.0 cm³/mol. The van der Waals surface area contributed by atoms with Crippen molar-refractivity contribution in [1.29, 1.82) is 0 Å². The minimum atomic E-state index is 0. The van der Waals surface area contributed by atoms with Crippen LogP contribution in [0, 0.1) is 0 Å². The Bertz CT molecular complexity index is 394. The van der Waals surface area contributed by atoms with Crippen LogP contribution in [0.5, 0.6) is 0 Å². The molecule has 1 aromatic carbocycles. The highest BCUT2D eigenvalue weighted by Crippen LogP contribution is 2.25. The summed E-state index contributed by atoms with van der Waals surface area (Å²) in [5.74, 6) is 0. The van der Waals surface area contributed by atoms with Gasteiger partial charge in [-0.15, -0.1) is 12.4 Å². The predicted octanol–water partition coefficient (Wildman–Crippen LogP) is 3.41. The largest absolute Gasteiger partial charge is 0.394 e. The number of halogens is 1. The summed E-state index contributed by atoms with van der Waals surface area (Å²) >= 11 is 0. The molecular weight excluding hydrogens is 258 g/mol. The highest BCUT2D eigenvalue weighted by molar-refractivity contribution is 5.85.